The molecule has 0 unspecified atom stereocenters. The fraction of sp³-hybridized carbons (Fsp3) is 0.200. The molecule has 0 fully saturated rings. The summed E-state index contributed by atoms with van der Waals surface area (Å²) in [4.78, 5) is 0. The highest BCUT2D eigenvalue weighted by Crippen LogP contribution is 2.19. The molecule has 0 spiro atoms. The van der Waals surface area contributed by atoms with Gasteiger partial charge in [-0.1, -0.05) is 24.3 Å². The maximum absolute atomic E-state index is 13.0. The van der Waals surface area contributed by atoms with Gasteiger partial charge in [0.25, 0.3) is 0 Å². The number of nitrogens with one attached hydrogen (secondary N) is 1. The van der Waals surface area contributed by atoms with Gasteiger partial charge in [0, 0.05) is 19.2 Å². The van der Waals surface area contributed by atoms with Gasteiger partial charge < -0.3 is 10.1 Å². The number of hydrogen-bond donors (Lipinski definition) is 1. The van der Waals surface area contributed by atoms with Crippen molar-refractivity contribution in [3.05, 3.63) is 65.0 Å². The topological polar surface area (TPSA) is 21.3 Å². The normalized spacial score (nSPS) is 13.4. The summed E-state index contributed by atoms with van der Waals surface area (Å²) in [5.74, 6) is 0.291. The minimum absolute atomic E-state index is 0.273. The zero-order valence-electron chi connectivity index (χ0n) is 9.95. The Morgan fingerprint density at radius 3 is 2.83 bits per heavy atom. The quantitative estimate of drug-likeness (QED) is 0.894. The maximum atomic E-state index is 13.0. The van der Waals surface area contributed by atoms with E-state index in [1.54, 1.807) is 12.1 Å². The fourth-order valence-corrected chi connectivity index (χ4v) is 2.16. The number of rotatable bonds is 3. The molecule has 0 aliphatic carbocycles. The zero-order valence-corrected chi connectivity index (χ0v) is 9.95. The average molecular weight is 243 g/mol. The molecule has 92 valence electrons. The van der Waals surface area contributed by atoms with E-state index in [0.29, 0.717) is 12.4 Å². The molecule has 0 saturated heterocycles. The van der Waals surface area contributed by atoms with Crippen LogP contribution in [0.1, 0.15) is 16.7 Å². The van der Waals surface area contributed by atoms with E-state index in [1.165, 1.54) is 23.3 Å². The monoisotopic (exact) mass is 243 g/mol. The van der Waals surface area contributed by atoms with Crippen molar-refractivity contribution in [3.63, 3.8) is 0 Å². The molecule has 1 aliphatic heterocycles. The van der Waals surface area contributed by atoms with E-state index in [9.17, 15) is 4.39 Å². The van der Waals surface area contributed by atoms with Gasteiger partial charge in [-0.05, 0) is 28.8 Å². The summed E-state index contributed by atoms with van der Waals surface area (Å²) >= 11 is 0. The molecule has 1 aliphatic rings. The van der Waals surface area contributed by atoms with Gasteiger partial charge in [0.2, 0.25) is 0 Å². The van der Waals surface area contributed by atoms with E-state index in [2.05, 4.69) is 23.5 Å². The Balaban J connectivity index is 1.70. The second-order valence-corrected chi connectivity index (χ2v) is 4.45. The van der Waals surface area contributed by atoms with Crippen LogP contribution < -0.4 is 10.1 Å². The third kappa shape index (κ3) is 2.36. The van der Waals surface area contributed by atoms with Gasteiger partial charge in [0.1, 0.15) is 18.2 Å². The second kappa shape index (κ2) is 4.78. The van der Waals surface area contributed by atoms with Crippen molar-refractivity contribution in [1.29, 1.82) is 0 Å². The predicted octanol–water partition coefficient (Wildman–Crippen LogP) is 3.01. The molecule has 3 heteroatoms. The van der Waals surface area contributed by atoms with Crippen LogP contribution in [-0.2, 0) is 19.7 Å². The van der Waals surface area contributed by atoms with Crippen LogP contribution in [0, 0.1) is 5.82 Å². The lowest BCUT2D eigenvalue weighted by molar-refractivity contribution is 0.304. The lowest BCUT2D eigenvalue weighted by Gasteiger charge is -2.07. The summed E-state index contributed by atoms with van der Waals surface area (Å²) < 4.78 is 18.6. The van der Waals surface area contributed by atoms with Crippen molar-refractivity contribution in [2.75, 3.05) is 0 Å². The van der Waals surface area contributed by atoms with E-state index in [0.717, 1.165) is 18.7 Å². The minimum Gasteiger partial charge on any atom is -0.489 e. The Labute approximate surface area is 105 Å². The second-order valence-electron chi connectivity index (χ2n) is 4.45. The molecule has 0 atom stereocenters. The first kappa shape index (κ1) is 11.2. The number of halogens is 1. The Hall–Kier alpha value is -1.87. The number of hydrogen-bond acceptors (Lipinski definition) is 2. The SMILES string of the molecule is Fc1cccc(OCc2ccc3c(c2)CNC3)c1. The van der Waals surface area contributed by atoms with Crippen LogP contribution in [0.2, 0.25) is 0 Å². The Bertz CT molecular complexity index is 568. The fourth-order valence-electron chi connectivity index (χ4n) is 2.16. The van der Waals surface area contributed by atoms with Gasteiger partial charge in [0.15, 0.2) is 0 Å². The van der Waals surface area contributed by atoms with Crippen LogP contribution >= 0.6 is 0 Å². The van der Waals surface area contributed by atoms with Crippen LogP contribution in [0.25, 0.3) is 0 Å². The van der Waals surface area contributed by atoms with Gasteiger partial charge in [-0.25, -0.2) is 4.39 Å². The lowest BCUT2D eigenvalue weighted by Crippen LogP contribution is -2.00. The standard InChI is InChI=1S/C15H14FNO/c16-14-2-1-3-15(7-14)18-10-11-4-5-12-8-17-9-13(12)6-11/h1-7,17H,8-10H2. The molecule has 3 rings (SSSR count). The van der Waals surface area contributed by atoms with Gasteiger partial charge >= 0.3 is 0 Å². The van der Waals surface area contributed by atoms with E-state index in [-0.39, 0.29) is 5.82 Å². The van der Waals surface area contributed by atoms with Gasteiger partial charge in [-0.3, -0.25) is 0 Å². The van der Waals surface area contributed by atoms with Crippen LogP contribution in [-0.4, -0.2) is 0 Å². The molecular formula is C15H14FNO. The first-order valence-electron chi connectivity index (χ1n) is 6.01. The van der Waals surface area contributed by atoms with Crippen molar-refractivity contribution in [3.8, 4) is 5.75 Å². The first-order valence-corrected chi connectivity index (χ1v) is 6.01. The molecular weight excluding hydrogens is 229 g/mol. The highest BCUT2D eigenvalue weighted by atomic mass is 19.1. The molecule has 1 N–H and O–H groups in total. The van der Waals surface area contributed by atoms with Crippen LogP contribution in [0.5, 0.6) is 5.75 Å². The molecule has 2 nitrogen and oxygen atoms in total. The smallest absolute Gasteiger partial charge is 0.126 e. The summed E-state index contributed by atoms with van der Waals surface area (Å²) in [6.07, 6.45) is 0. The highest BCUT2D eigenvalue weighted by Gasteiger charge is 2.10. The summed E-state index contributed by atoms with van der Waals surface area (Å²) in [5.41, 5.74) is 3.79. The maximum Gasteiger partial charge on any atom is 0.126 e. The Kier molecular flexibility index (Phi) is 2.99. The van der Waals surface area contributed by atoms with Gasteiger partial charge in [0.05, 0.1) is 0 Å². The molecule has 0 amide bonds. The average Bonchev–Trinajstić information content (AvgIpc) is 2.84. The predicted molar refractivity (Wildman–Crippen MR) is 67.7 cm³/mol. The summed E-state index contributed by atoms with van der Waals surface area (Å²) in [7, 11) is 0. The van der Waals surface area contributed by atoms with Crippen LogP contribution in [0.4, 0.5) is 4.39 Å². The van der Waals surface area contributed by atoms with Crippen molar-refractivity contribution in [1.82, 2.24) is 5.32 Å². The zero-order chi connectivity index (χ0) is 12.4. The van der Waals surface area contributed by atoms with Crippen LogP contribution in [0.15, 0.2) is 42.5 Å². The largest absolute Gasteiger partial charge is 0.489 e. The number of benzene rings is 2. The summed E-state index contributed by atoms with van der Waals surface area (Å²) in [6.45, 7) is 2.33. The van der Waals surface area contributed by atoms with Gasteiger partial charge in [-0.2, -0.15) is 0 Å². The van der Waals surface area contributed by atoms with Crippen molar-refractivity contribution < 1.29 is 9.13 Å². The molecule has 0 radical (unpaired) electrons. The molecule has 0 saturated carbocycles. The van der Waals surface area contributed by atoms with Crippen molar-refractivity contribution >= 4 is 0 Å². The molecule has 0 bridgehead atoms. The van der Waals surface area contributed by atoms with E-state index >= 15 is 0 Å². The Morgan fingerprint density at radius 2 is 1.94 bits per heavy atom. The number of fused-ring (bicyclic) bond motifs is 1. The minimum atomic E-state index is -0.273. The molecule has 2 aromatic rings. The molecule has 2 aromatic carbocycles. The van der Waals surface area contributed by atoms with E-state index in [4.69, 9.17) is 4.74 Å². The van der Waals surface area contributed by atoms with Gasteiger partial charge in [-0.15, -0.1) is 0 Å². The van der Waals surface area contributed by atoms with Crippen LogP contribution in [0.3, 0.4) is 0 Å². The third-order valence-corrected chi connectivity index (χ3v) is 3.10. The number of ether oxygens (including phenoxy) is 1. The van der Waals surface area contributed by atoms with E-state index in [1.807, 2.05) is 0 Å². The van der Waals surface area contributed by atoms with Crippen molar-refractivity contribution in [2.45, 2.75) is 19.7 Å². The van der Waals surface area contributed by atoms with Crippen molar-refractivity contribution in [2.24, 2.45) is 0 Å². The first-order chi connectivity index (χ1) is 8.81. The molecule has 0 aromatic heterocycles. The summed E-state index contributed by atoms with van der Waals surface area (Å²) in [5, 5.41) is 3.31. The van der Waals surface area contributed by atoms with E-state index < -0.39 is 0 Å². The highest BCUT2D eigenvalue weighted by molar-refractivity contribution is 5.34. The third-order valence-electron chi connectivity index (χ3n) is 3.10. The molecule has 18 heavy (non-hydrogen) atoms. The lowest BCUT2D eigenvalue weighted by atomic mass is 10.1. The summed E-state index contributed by atoms with van der Waals surface area (Å²) in [6, 6.07) is 12.6. The Morgan fingerprint density at radius 1 is 1.06 bits per heavy atom. The molecule has 1 heterocycles.